The maximum absolute atomic E-state index is 12.0. The lowest BCUT2D eigenvalue weighted by atomic mass is 9.70. The number of ether oxygens (including phenoxy) is 1. The molecule has 0 aromatic carbocycles. The highest BCUT2D eigenvalue weighted by atomic mass is 16.6. The Morgan fingerprint density at radius 3 is 2.47 bits per heavy atom. The molecule has 0 saturated carbocycles. The second-order valence-electron chi connectivity index (χ2n) is 6.80. The Hall–Kier alpha value is -0.810. The number of rotatable bonds is 0. The van der Waals surface area contributed by atoms with Gasteiger partial charge in [0.25, 0.3) is 0 Å². The van der Waals surface area contributed by atoms with Crippen molar-refractivity contribution in [2.45, 2.75) is 51.7 Å². The molecule has 0 aliphatic carbocycles. The second-order valence-corrected chi connectivity index (χ2v) is 6.80. The van der Waals surface area contributed by atoms with Crippen LogP contribution in [-0.2, 0) is 4.74 Å². The number of nitrogens with one attached hydrogen (secondary N) is 1. The highest BCUT2D eigenvalue weighted by Gasteiger charge is 2.43. The number of carbonyl (C=O) groups is 1. The Labute approximate surface area is 115 Å². The fourth-order valence-electron chi connectivity index (χ4n) is 3.00. The maximum Gasteiger partial charge on any atom is 0.410 e. The van der Waals surface area contributed by atoms with E-state index in [4.69, 9.17) is 4.74 Å². The van der Waals surface area contributed by atoms with Crippen molar-refractivity contribution in [3.8, 4) is 0 Å². The summed E-state index contributed by atoms with van der Waals surface area (Å²) in [5.41, 5.74) is -0.440. The summed E-state index contributed by atoms with van der Waals surface area (Å²) in [7, 11) is 0. The predicted octanol–water partition coefficient (Wildman–Crippen LogP) is 1.36. The molecule has 1 amide bonds. The van der Waals surface area contributed by atoms with Gasteiger partial charge in [-0.15, -0.1) is 0 Å². The van der Waals surface area contributed by atoms with Crippen LogP contribution in [-0.4, -0.2) is 54.0 Å². The van der Waals surface area contributed by atoms with Gasteiger partial charge in [-0.05, 0) is 46.6 Å². The normalized spacial score (nSPS) is 27.4. The van der Waals surface area contributed by atoms with Gasteiger partial charge in [-0.3, -0.25) is 0 Å². The summed E-state index contributed by atoms with van der Waals surface area (Å²) in [6.07, 6.45) is 2.22. The van der Waals surface area contributed by atoms with Gasteiger partial charge < -0.3 is 20.1 Å². The van der Waals surface area contributed by atoms with Crippen LogP contribution in [0.4, 0.5) is 4.79 Å². The van der Waals surface area contributed by atoms with Crippen molar-refractivity contribution in [2.24, 2.45) is 5.41 Å². The van der Waals surface area contributed by atoms with E-state index in [-0.39, 0.29) is 17.6 Å². The number of nitrogens with zero attached hydrogens (tertiary/aromatic N) is 1. The van der Waals surface area contributed by atoms with E-state index in [0.717, 1.165) is 25.8 Å². The molecule has 2 heterocycles. The molecule has 2 aliphatic rings. The Balaban J connectivity index is 1.90. The zero-order valence-electron chi connectivity index (χ0n) is 12.2. The van der Waals surface area contributed by atoms with Gasteiger partial charge in [0.05, 0.1) is 6.10 Å². The van der Waals surface area contributed by atoms with Crippen LogP contribution in [0, 0.1) is 5.41 Å². The number of likely N-dealkylation sites (tertiary alicyclic amines) is 1. The van der Waals surface area contributed by atoms with Gasteiger partial charge in [0, 0.05) is 25.0 Å². The number of aliphatic hydroxyl groups excluding tert-OH is 1. The molecule has 1 spiro atoms. The second kappa shape index (κ2) is 5.29. The first-order chi connectivity index (χ1) is 8.82. The van der Waals surface area contributed by atoms with Crippen molar-refractivity contribution in [1.29, 1.82) is 0 Å². The van der Waals surface area contributed by atoms with Crippen molar-refractivity contribution >= 4 is 6.09 Å². The van der Waals surface area contributed by atoms with E-state index in [1.165, 1.54) is 0 Å². The number of aliphatic hydroxyl groups is 1. The molecular formula is C14H26N2O3. The third kappa shape index (κ3) is 3.39. The smallest absolute Gasteiger partial charge is 0.410 e. The largest absolute Gasteiger partial charge is 0.444 e. The minimum absolute atomic E-state index is 0.00373. The Morgan fingerprint density at radius 2 is 1.95 bits per heavy atom. The third-order valence-electron chi connectivity index (χ3n) is 4.26. The quantitative estimate of drug-likeness (QED) is 0.697. The highest BCUT2D eigenvalue weighted by Crippen LogP contribution is 2.39. The summed E-state index contributed by atoms with van der Waals surface area (Å²) in [4.78, 5) is 13.8. The SMILES string of the molecule is CC(C)(C)OC(=O)N1CCC2(CCNCC2O)CC1. The fraction of sp³-hybridized carbons (Fsp3) is 0.929. The van der Waals surface area contributed by atoms with Crippen LogP contribution in [0.25, 0.3) is 0 Å². The lowest BCUT2D eigenvalue weighted by Crippen LogP contribution is -2.55. The minimum Gasteiger partial charge on any atom is -0.444 e. The summed E-state index contributed by atoms with van der Waals surface area (Å²) >= 11 is 0. The van der Waals surface area contributed by atoms with Crippen molar-refractivity contribution < 1.29 is 14.6 Å². The number of β-amino-alcohol motifs (C(OH)–C–C–N with tert-alkyl or cyclic N) is 1. The van der Waals surface area contributed by atoms with Crippen LogP contribution in [0.1, 0.15) is 40.0 Å². The summed E-state index contributed by atoms with van der Waals surface area (Å²) < 4.78 is 5.39. The summed E-state index contributed by atoms with van der Waals surface area (Å²) in [6, 6.07) is 0. The summed E-state index contributed by atoms with van der Waals surface area (Å²) in [6.45, 7) is 8.65. The molecule has 0 radical (unpaired) electrons. The number of hydrogen-bond acceptors (Lipinski definition) is 4. The van der Waals surface area contributed by atoms with Crippen LogP contribution < -0.4 is 5.32 Å². The van der Waals surface area contributed by atoms with Crippen LogP contribution in [0.3, 0.4) is 0 Å². The highest BCUT2D eigenvalue weighted by molar-refractivity contribution is 5.68. The first-order valence-corrected chi connectivity index (χ1v) is 7.19. The Kier molecular flexibility index (Phi) is 4.06. The molecule has 0 aromatic heterocycles. The predicted molar refractivity (Wildman–Crippen MR) is 73.0 cm³/mol. The first-order valence-electron chi connectivity index (χ1n) is 7.19. The van der Waals surface area contributed by atoms with Crippen LogP contribution in [0.5, 0.6) is 0 Å². The molecule has 2 aliphatic heterocycles. The minimum atomic E-state index is -0.444. The van der Waals surface area contributed by atoms with Gasteiger partial charge in [0.2, 0.25) is 0 Å². The van der Waals surface area contributed by atoms with E-state index >= 15 is 0 Å². The van der Waals surface area contributed by atoms with E-state index in [9.17, 15) is 9.90 Å². The molecule has 1 unspecified atom stereocenters. The van der Waals surface area contributed by atoms with Crippen LogP contribution >= 0.6 is 0 Å². The van der Waals surface area contributed by atoms with Gasteiger partial charge in [0.1, 0.15) is 5.60 Å². The maximum atomic E-state index is 12.0. The molecule has 1 atom stereocenters. The lowest BCUT2D eigenvalue weighted by molar-refractivity contribution is -0.0488. The average Bonchev–Trinajstić information content (AvgIpc) is 2.32. The molecule has 2 N–H and O–H groups in total. The van der Waals surface area contributed by atoms with Gasteiger partial charge >= 0.3 is 6.09 Å². The van der Waals surface area contributed by atoms with E-state index in [2.05, 4.69) is 5.32 Å². The number of hydrogen-bond donors (Lipinski definition) is 2. The molecular weight excluding hydrogens is 244 g/mol. The topological polar surface area (TPSA) is 61.8 Å². The number of amides is 1. The molecule has 2 saturated heterocycles. The third-order valence-corrected chi connectivity index (χ3v) is 4.26. The molecule has 19 heavy (non-hydrogen) atoms. The Bertz CT molecular complexity index is 330. The molecule has 0 bridgehead atoms. The van der Waals surface area contributed by atoms with Crippen molar-refractivity contribution in [2.75, 3.05) is 26.2 Å². The molecule has 110 valence electrons. The van der Waals surface area contributed by atoms with Crippen LogP contribution in [0.2, 0.25) is 0 Å². The Morgan fingerprint density at radius 1 is 1.32 bits per heavy atom. The van der Waals surface area contributed by atoms with Gasteiger partial charge in [-0.2, -0.15) is 0 Å². The lowest BCUT2D eigenvalue weighted by Gasteiger charge is -2.47. The van der Waals surface area contributed by atoms with Crippen molar-refractivity contribution in [1.82, 2.24) is 10.2 Å². The van der Waals surface area contributed by atoms with E-state index in [1.807, 2.05) is 20.8 Å². The first kappa shape index (κ1) is 14.6. The van der Waals surface area contributed by atoms with Gasteiger partial charge in [-0.1, -0.05) is 0 Å². The zero-order valence-corrected chi connectivity index (χ0v) is 12.2. The summed E-state index contributed by atoms with van der Waals surface area (Å²) in [5.74, 6) is 0. The number of carbonyl (C=O) groups excluding carboxylic acids is 1. The zero-order chi connectivity index (χ0) is 14.1. The van der Waals surface area contributed by atoms with Crippen LogP contribution in [0.15, 0.2) is 0 Å². The van der Waals surface area contributed by atoms with Gasteiger partial charge in [-0.25, -0.2) is 4.79 Å². The average molecular weight is 270 g/mol. The number of piperidine rings is 2. The fourth-order valence-corrected chi connectivity index (χ4v) is 3.00. The van der Waals surface area contributed by atoms with Crippen molar-refractivity contribution in [3.63, 3.8) is 0 Å². The van der Waals surface area contributed by atoms with Crippen molar-refractivity contribution in [3.05, 3.63) is 0 Å². The van der Waals surface area contributed by atoms with E-state index in [0.29, 0.717) is 19.6 Å². The molecule has 5 nitrogen and oxygen atoms in total. The molecule has 5 heteroatoms. The molecule has 0 aromatic rings. The monoisotopic (exact) mass is 270 g/mol. The van der Waals surface area contributed by atoms with Gasteiger partial charge in [0.15, 0.2) is 0 Å². The summed E-state index contributed by atoms with van der Waals surface area (Å²) in [5, 5.41) is 13.4. The van der Waals surface area contributed by atoms with E-state index in [1.54, 1.807) is 4.90 Å². The van der Waals surface area contributed by atoms with E-state index < -0.39 is 5.60 Å². The standard InChI is InChI=1S/C14H26N2O3/c1-13(2,3)19-12(18)16-8-5-14(6-9-16)4-7-15-10-11(14)17/h11,15,17H,4-10H2,1-3H3. The molecule has 2 rings (SSSR count). The molecule has 2 fully saturated rings.